The van der Waals surface area contributed by atoms with Crippen LogP contribution < -0.4 is 5.32 Å². The van der Waals surface area contributed by atoms with Gasteiger partial charge in [-0.25, -0.2) is 13.2 Å². The van der Waals surface area contributed by atoms with Crippen molar-refractivity contribution in [2.24, 2.45) is 0 Å². The van der Waals surface area contributed by atoms with Crippen LogP contribution in [0.3, 0.4) is 0 Å². The van der Waals surface area contributed by atoms with Gasteiger partial charge in [-0.15, -0.1) is 0 Å². The van der Waals surface area contributed by atoms with Crippen LogP contribution in [0.5, 0.6) is 0 Å². The predicted octanol–water partition coefficient (Wildman–Crippen LogP) is 2.16. The Hall–Kier alpha value is -1.86. The lowest BCUT2D eigenvalue weighted by molar-refractivity contribution is 0.175. The fourth-order valence-corrected chi connectivity index (χ4v) is 4.54. The summed E-state index contributed by atoms with van der Waals surface area (Å²) >= 11 is 0. The molecule has 6 nitrogen and oxygen atoms in total. The second-order valence-corrected chi connectivity index (χ2v) is 8.10. The van der Waals surface area contributed by atoms with E-state index >= 15 is 0 Å². The number of urea groups is 1. The molecule has 1 heterocycles. The molecule has 0 unspecified atom stereocenters. The summed E-state index contributed by atoms with van der Waals surface area (Å²) in [5.41, 5.74) is 1.29. The van der Waals surface area contributed by atoms with Gasteiger partial charge in [-0.2, -0.15) is 4.31 Å². The van der Waals surface area contributed by atoms with Crippen molar-refractivity contribution in [1.82, 2.24) is 14.5 Å². The summed E-state index contributed by atoms with van der Waals surface area (Å²) in [5.74, 6) is 0. The van der Waals surface area contributed by atoms with Crippen molar-refractivity contribution < 1.29 is 13.2 Å². The standard InChI is InChI=1S/C17H23N3O3S/c21-17(18-14-15-6-4-5-7-15)19-10-12-20(13-11-19)24(22,23)16-8-2-1-3-9-16/h1-3,8-9,14H,4-7,10-13H2,(H,18,21). The zero-order valence-corrected chi connectivity index (χ0v) is 14.5. The van der Waals surface area contributed by atoms with Crippen LogP contribution >= 0.6 is 0 Å². The molecule has 130 valence electrons. The van der Waals surface area contributed by atoms with E-state index in [1.54, 1.807) is 35.2 Å². The third-order valence-corrected chi connectivity index (χ3v) is 6.47. The molecule has 0 atom stereocenters. The average molecular weight is 349 g/mol. The van der Waals surface area contributed by atoms with E-state index in [1.807, 2.05) is 6.20 Å². The fraction of sp³-hybridized carbons (Fsp3) is 0.471. The number of nitrogens with one attached hydrogen (secondary N) is 1. The highest BCUT2D eigenvalue weighted by Gasteiger charge is 2.29. The Labute approximate surface area is 143 Å². The lowest BCUT2D eigenvalue weighted by Gasteiger charge is -2.33. The van der Waals surface area contributed by atoms with Gasteiger partial charge >= 0.3 is 6.03 Å². The van der Waals surface area contributed by atoms with Crippen molar-refractivity contribution >= 4 is 16.1 Å². The minimum atomic E-state index is -3.47. The number of hydrogen-bond donors (Lipinski definition) is 1. The summed E-state index contributed by atoms with van der Waals surface area (Å²) in [6.07, 6.45) is 6.32. The van der Waals surface area contributed by atoms with Gasteiger partial charge in [0.25, 0.3) is 0 Å². The largest absolute Gasteiger partial charge is 0.322 e. The first-order valence-corrected chi connectivity index (χ1v) is 9.80. The molecule has 0 bridgehead atoms. The predicted molar refractivity (Wildman–Crippen MR) is 91.9 cm³/mol. The summed E-state index contributed by atoms with van der Waals surface area (Å²) in [6.45, 7) is 1.45. The maximum absolute atomic E-state index is 12.6. The number of rotatable bonds is 3. The van der Waals surface area contributed by atoms with Crippen LogP contribution in [-0.4, -0.2) is 49.8 Å². The van der Waals surface area contributed by atoms with E-state index in [2.05, 4.69) is 5.32 Å². The summed E-state index contributed by atoms with van der Waals surface area (Å²) in [4.78, 5) is 14.2. The molecule has 1 aromatic carbocycles. The van der Waals surface area contributed by atoms with Gasteiger partial charge in [0.1, 0.15) is 0 Å². The van der Waals surface area contributed by atoms with Crippen LogP contribution in [0.25, 0.3) is 0 Å². The maximum atomic E-state index is 12.6. The Morgan fingerprint density at radius 1 is 1.00 bits per heavy atom. The van der Waals surface area contributed by atoms with Crippen molar-refractivity contribution in [1.29, 1.82) is 0 Å². The lowest BCUT2D eigenvalue weighted by atomic mass is 10.2. The van der Waals surface area contributed by atoms with Gasteiger partial charge in [-0.3, -0.25) is 0 Å². The Balaban J connectivity index is 1.55. The molecule has 7 heteroatoms. The molecular formula is C17H23N3O3S. The number of nitrogens with zero attached hydrogens (tertiary/aromatic N) is 2. The van der Waals surface area contributed by atoms with E-state index < -0.39 is 10.0 Å². The third kappa shape index (κ3) is 3.79. The molecular weight excluding hydrogens is 326 g/mol. The minimum absolute atomic E-state index is 0.147. The number of hydrogen-bond acceptors (Lipinski definition) is 3. The first-order chi connectivity index (χ1) is 11.6. The Kier molecular flexibility index (Phi) is 5.20. The summed E-state index contributed by atoms with van der Waals surface area (Å²) in [5, 5.41) is 2.84. The molecule has 24 heavy (non-hydrogen) atoms. The van der Waals surface area contributed by atoms with E-state index in [-0.39, 0.29) is 6.03 Å². The third-order valence-electron chi connectivity index (χ3n) is 4.55. The van der Waals surface area contributed by atoms with E-state index in [1.165, 1.54) is 22.7 Å². The van der Waals surface area contributed by atoms with Gasteiger partial charge in [-0.05, 0) is 37.8 Å². The van der Waals surface area contributed by atoms with E-state index in [0.29, 0.717) is 31.1 Å². The molecule has 3 rings (SSSR count). The average Bonchev–Trinajstić information content (AvgIpc) is 3.14. The van der Waals surface area contributed by atoms with Gasteiger partial charge in [0.15, 0.2) is 0 Å². The topological polar surface area (TPSA) is 69.7 Å². The molecule has 1 N–H and O–H groups in total. The zero-order valence-electron chi connectivity index (χ0n) is 13.6. The second-order valence-electron chi connectivity index (χ2n) is 6.16. The lowest BCUT2D eigenvalue weighted by Crippen LogP contribution is -2.52. The Morgan fingerprint density at radius 3 is 2.25 bits per heavy atom. The van der Waals surface area contributed by atoms with E-state index in [4.69, 9.17) is 0 Å². The molecule has 2 amide bonds. The molecule has 0 aromatic heterocycles. The monoisotopic (exact) mass is 349 g/mol. The highest BCUT2D eigenvalue weighted by atomic mass is 32.2. The molecule has 1 saturated heterocycles. The number of carbonyl (C=O) groups is 1. The molecule has 0 spiro atoms. The van der Waals surface area contributed by atoms with Crippen LogP contribution in [0.2, 0.25) is 0 Å². The second kappa shape index (κ2) is 7.36. The van der Waals surface area contributed by atoms with Gasteiger partial charge in [0, 0.05) is 32.4 Å². The molecule has 1 saturated carbocycles. The minimum Gasteiger partial charge on any atom is -0.322 e. The summed E-state index contributed by atoms with van der Waals surface area (Å²) in [6, 6.07) is 8.27. The van der Waals surface area contributed by atoms with Crippen LogP contribution in [-0.2, 0) is 10.0 Å². The van der Waals surface area contributed by atoms with Gasteiger partial charge in [-0.1, -0.05) is 23.8 Å². The van der Waals surface area contributed by atoms with Crippen molar-refractivity contribution in [3.05, 3.63) is 42.1 Å². The summed E-state index contributed by atoms with van der Waals surface area (Å²) < 4.78 is 26.6. The van der Waals surface area contributed by atoms with Crippen LogP contribution in [0.15, 0.2) is 47.0 Å². The Morgan fingerprint density at radius 2 is 1.62 bits per heavy atom. The molecule has 1 aromatic rings. The van der Waals surface area contributed by atoms with Crippen LogP contribution in [0.4, 0.5) is 4.79 Å². The van der Waals surface area contributed by atoms with Crippen molar-refractivity contribution in [3.63, 3.8) is 0 Å². The van der Waals surface area contributed by atoms with Gasteiger partial charge in [0.2, 0.25) is 10.0 Å². The van der Waals surface area contributed by atoms with Gasteiger partial charge in [0.05, 0.1) is 4.90 Å². The Bertz CT molecular complexity index is 700. The number of piperazine rings is 1. The molecule has 0 radical (unpaired) electrons. The van der Waals surface area contributed by atoms with Crippen LogP contribution in [0.1, 0.15) is 25.7 Å². The van der Waals surface area contributed by atoms with E-state index in [9.17, 15) is 13.2 Å². The van der Waals surface area contributed by atoms with Crippen molar-refractivity contribution in [3.8, 4) is 0 Å². The molecule has 2 aliphatic rings. The van der Waals surface area contributed by atoms with Crippen LogP contribution in [0, 0.1) is 0 Å². The number of benzene rings is 1. The zero-order chi connectivity index (χ0) is 17.0. The number of sulfonamides is 1. The fourth-order valence-electron chi connectivity index (χ4n) is 3.10. The van der Waals surface area contributed by atoms with Crippen molar-refractivity contribution in [2.45, 2.75) is 30.6 Å². The number of carbonyl (C=O) groups excluding carboxylic acids is 1. The van der Waals surface area contributed by atoms with E-state index in [0.717, 1.165) is 12.8 Å². The van der Waals surface area contributed by atoms with Gasteiger partial charge < -0.3 is 10.2 Å². The normalized spacial score (nSPS) is 19.3. The number of amides is 2. The molecule has 2 fully saturated rings. The first kappa shape index (κ1) is 17.0. The first-order valence-electron chi connectivity index (χ1n) is 8.36. The SMILES string of the molecule is O=C(NC=C1CCCC1)N1CCN(S(=O)(=O)c2ccccc2)CC1. The maximum Gasteiger partial charge on any atom is 0.321 e. The smallest absolute Gasteiger partial charge is 0.321 e. The molecule has 1 aliphatic carbocycles. The highest BCUT2D eigenvalue weighted by molar-refractivity contribution is 7.89. The molecule has 1 aliphatic heterocycles. The highest BCUT2D eigenvalue weighted by Crippen LogP contribution is 2.22. The summed E-state index contributed by atoms with van der Waals surface area (Å²) in [7, 11) is -3.47. The number of allylic oxidation sites excluding steroid dienone is 1. The quantitative estimate of drug-likeness (QED) is 0.909. The van der Waals surface area contributed by atoms with Crippen molar-refractivity contribution in [2.75, 3.05) is 26.2 Å².